The fourth-order valence-electron chi connectivity index (χ4n) is 6.90. The zero-order valence-corrected chi connectivity index (χ0v) is 13.6. The van der Waals surface area contributed by atoms with Gasteiger partial charge in [-0.25, -0.2) is 0 Å². The summed E-state index contributed by atoms with van der Waals surface area (Å²) < 4.78 is 0. The van der Waals surface area contributed by atoms with Gasteiger partial charge in [-0.15, -0.1) is 0 Å². The summed E-state index contributed by atoms with van der Waals surface area (Å²) in [5.41, 5.74) is 2.48. The van der Waals surface area contributed by atoms with Gasteiger partial charge in [-0.05, 0) is 86.4 Å². The van der Waals surface area contributed by atoms with E-state index in [1.165, 1.54) is 51.4 Å². The molecule has 0 aliphatic heterocycles. The Morgan fingerprint density at radius 1 is 1.10 bits per heavy atom. The molecule has 4 rings (SSSR count). The Bertz CT molecular complexity index is 484. The van der Waals surface area contributed by atoms with Gasteiger partial charge in [0.25, 0.3) is 0 Å². The second kappa shape index (κ2) is 4.67. The molecule has 21 heavy (non-hydrogen) atoms. The molecule has 3 saturated carbocycles. The molecule has 3 fully saturated rings. The Morgan fingerprint density at radius 2 is 1.95 bits per heavy atom. The first-order valence-electron chi connectivity index (χ1n) is 9.11. The molecule has 0 spiro atoms. The molecule has 0 heterocycles. The maximum Gasteiger partial charge on any atom is 0.0975 e. The van der Waals surface area contributed by atoms with Crippen LogP contribution in [0.25, 0.3) is 0 Å². The van der Waals surface area contributed by atoms with Crippen molar-refractivity contribution in [3.05, 3.63) is 16.6 Å². The first-order chi connectivity index (χ1) is 10.1. The lowest BCUT2D eigenvalue weighted by molar-refractivity contribution is -0.0405. The third-order valence-electron chi connectivity index (χ3n) is 8.10. The molecule has 2 nitrogen and oxygen atoms in total. The van der Waals surface area contributed by atoms with E-state index in [4.69, 9.17) is 0 Å². The summed E-state index contributed by atoms with van der Waals surface area (Å²) in [6, 6.07) is 0.0968. The van der Waals surface area contributed by atoms with Crippen LogP contribution in [0.1, 0.15) is 71.6 Å². The summed E-state index contributed by atoms with van der Waals surface area (Å²) in [6.07, 6.45) is 14.2. The highest BCUT2D eigenvalue weighted by molar-refractivity contribution is 5.24. The van der Waals surface area contributed by atoms with E-state index in [0.29, 0.717) is 5.41 Å². The highest BCUT2D eigenvalue weighted by Gasteiger charge is 2.59. The lowest BCUT2D eigenvalue weighted by Crippen LogP contribution is -2.50. The van der Waals surface area contributed by atoms with E-state index in [2.05, 4.69) is 25.1 Å². The topological polar surface area (TPSA) is 29.4 Å². The standard InChI is InChI=1S/C19H29NO/c1-18-11-4-3-5-13(18)6-7-14-15-8-9-17(20-21)19(15,2)12-10-16(14)18/h5,14-17H,3-4,6-12H2,1-2H3. The van der Waals surface area contributed by atoms with Gasteiger partial charge in [0.05, 0.1) is 6.04 Å². The quantitative estimate of drug-likeness (QED) is 0.464. The lowest BCUT2D eigenvalue weighted by Gasteiger charge is -2.57. The molecule has 6 unspecified atom stereocenters. The van der Waals surface area contributed by atoms with Gasteiger partial charge < -0.3 is 0 Å². The summed E-state index contributed by atoms with van der Waals surface area (Å²) in [4.78, 5) is 11.3. The minimum absolute atomic E-state index is 0.0968. The number of hydrogen-bond donors (Lipinski definition) is 0. The van der Waals surface area contributed by atoms with Crippen LogP contribution in [0.5, 0.6) is 0 Å². The Morgan fingerprint density at radius 3 is 2.76 bits per heavy atom. The molecule has 4 aliphatic rings. The van der Waals surface area contributed by atoms with E-state index in [1.54, 1.807) is 5.57 Å². The normalized spacial score (nSPS) is 52.4. The minimum Gasteiger partial charge on any atom is -0.150 e. The van der Waals surface area contributed by atoms with Crippen LogP contribution >= 0.6 is 0 Å². The second-order valence-corrected chi connectivity index (χ2v) is 8.70. The number of allylic oxidation sites excluding steroid dienone is 2. The molecular formula is C19H29NO. The first kappa shape index (κ1) is 14.0. The van der Waals surface area contributed by atoms with Gasteiger partial charge in [0.15, 0.2) is 0 Å². The number of rotatable bonds is 1. The van der Waals surface area contributed by atoms with Gasteiger partial charge in [0.1, 0.15) is 0 Å². The maximum absolute atomic E-state index is 11.3. The predicted molar refractivity (Wildman–Crippen MR) is 85.9 cm³/mol. The molecule has 0 aromatic rings. The molecule has 0 amide bonds. The average molecular weight is 287 g/mol. The van der Waals surface area contributed by atoms with Crippen molar-refractivity contribution in [1.82, 2.24) is 0 Å². The van der Waals surface area contributed by atoms with Crippen molar-refractivity contribution in [3.8, 4) is 0 Å². The average Bonchev–Trinajstić information content (AvgIpc) is 2.83. The van der Waals surface area contributed by atoms with E-state index in [1.807, 2.05) is 0 Å². The van der Waals surface area contributed by atoms with Gasteiger partial charge in [-0.2, -0.15) is 4.91 Å². The molecule has 0 aromatic heterocycles. The second-order valence-electron chi connectivity index (χ2n) is 8.70. The molecule has 0 N–H and O–H groups in total. The smallest absolute Gasteiger partial charge is 0.0975 e. The fraction of sp³-hybridized carbons (Fsp3) is 0.895. The van der Waals surface area contributed by atoms with Gasteiger partial charge in [0.2, 0.25) is 0 Å². The van der Waals surface area contributed by atoms with Crippen molar-refractivity contribution >= 4 is 0 Å². The third kappa shape index (κ3) is 1.77. The molecule has 0 radical (unpaired) electrons. The highest BCUT2D eigenvalue weighted by Crippen LogP contribution is 2.65. The van der Waals surface area contributed by atoms with Crippen LogP contribution in [-0.4, -0.2) is 6.04 Å². The van der Waals surface area contributed by atoms with Crippen LogP contribution < -0.4 is 0 Å². The van der Waals surface area contributed by atoms with E-state index in [9.17, 15) is 4.91 Å². The van der Waals surface area contributed by atoms with Gasteiger partial charge in [-0.3, -0.25) is 0 Å². The molecule has 2 heteroatoms. The van der Waals surface area contributed by atoms with E-state index in [-0.39, 0.29) is 11.5 Å². The van der Waals surface area contributed by atoms with Crippen molar-refractivity contribution < 1.29 is 0 Å². The summed E-state index contributed by atoms with van der Waals surface area (Å²) in [5.74, 6) is 2.50. The SMILES string of the molecule is CC12CCCC=C1CCC1C2CCC2(C)C(N=O)CCC12. The predicted octanol–water partition coefficient (Wildman–Crippen LogP) is 5.47. The van der Waals surface area contributed by atoms with Gasteiger partial charge >= 0.3 is 0 Å². The maximum atomic E-state index is 11.3. The van der Waals surface area contributed by atoms with Crippen molar-refractivity contribution in [2.45, 2.75) is 77.7 Å². The van der Waals surface area contributed by atoms with Crippen molar-refractivity contribution in [2.24, 2.45) is 33.8 Å². The van der Waals surface area contributed by atoms with E-state index in [0.717, 1.165) is 24.2 Å². The molecular weight excluding hydrogens is 258 g/mol. The van der Waals surface area contributed by atoms with Gasteiger partial charge in [-0.1, -0.05) is 30.7 Å². The van der Waals surface area contributed by atoms with Crippen molar-refractivity contribution in [2.75, 3.05) is 0 Å². The number of nitrogens with zero attached hydrogens (tertiary/aromatic N) is 1. The van der Waals surface area contributed by atoms with Crippen LogP contribution in [0.4, 0.5) is 0 Å². The van der Waals surface area contributed by atoms with Crippen LogP contribution in [0.15, 0.2) is 16.8 Å². The molecule has 0 saturated heterocycles. The van der Waals surface area contributed by atoms with Crippen molar-refractivity contribution in [1.29, 1.82) is 0 Å². The summed E-state index contributed by atoms with van der Waals surface area (Å²) in [6.45, 7) is 4.93. The van der Waals surface area contributed by atoms with Crippen molar-refractivity contribution in [3.63, 3.8) is 0 Å². The van der Waals surface area contributed by atoms with Crippen LogP contribution in [0.2, 0.25) is 0 Å². The molecule has 6 atom stereocenters. The van der Waals surface area contributed by atoms with Gasteiger partial charge in [0, 0.05) is 0 Å². The summed E-state index contributed by atoms with van der Waals surface area (Å²) >= 11 is 0. The fourth-order valence-corrected chi connectivity index (χ4v) is 6.90. The zero-order valence-electron chi connectivity index (χ0n) is 13.6. The number of hydrogen-bond acceptors (Lipinski definition) is 2. The minimum atomic E-state index is 0.0968. The number of fused-ring (bicyclic) bond motifs is 5. The monoisotopic (exact) mass is 287 g/mol. The summed E-state index contributed by atoms with van der Waals surface area (Å²) in [5, 5.41) is 3.52. The highest BCUT2D eigenvalue weighted by atomic mass is 16.3. The molecule has 0 bridgehead atoms. The molecule has 0 aromatic carbocycles. The first-order valence-corrected chi connectivity index (χ1v) is 9.11. The lowest BCUT2D eigenvalue weighted by atomic mass is 9.47. The Hall–Kier alpha value is -0.660. The summed E-state index contributed by atoms with van der Waals surface area (Å²) in [7, 11) is 0. The zero-order chi connectivity index (χ0) is 14.7. The Kier molecular flexibility index (Phi) is 3.10. The largest absolute Gasteiger partial charge is 0.150 e. The van der Waals surface area contributed by atoms with Crippen LogP contribution in [0, 0.1) is 33.5 Å². The van der Waals surface area contributed by atoms with Crippen LogP contribution in [0.3, 0.4) is 0 Å². The Labute approximate surface area is 128 Å². The molecule has 4 aliphatic carbocycles. The Balaban J connectivity index is 1.67. The van der Waals surface area contributed by atoms with Crippen LogP contribution in [-0.2, 0) is 0 Å². The number of nitroso groups, excluding NO2 is 1. The third-order valence-corrected chi connectivity index (χ3v) is 8.10. The van der Waals surface area contributed by atoms with E-state index < -0.39 is 0 Å². The molecule has 116 valence electrons. The van der Waals surface area contributed by atoms with E-state index >= 15 is 0 Å².